The quantitative estimate of drug-likeness (QED) is 0.822. The summed E-state index contributed by atoms with van der Waals surface area (Å²) >= 11 is 1.59. The van der Waals surface area contributed by atoms with Crippen molar-refractivity contribution in [3.05, 3.63) is 22.8 Å². The number of aryl methyl sites for hydroxylation is 1. The third kappa shape index (κ3) is 1.56. The van der Waals surface area contributed by atoms with E-state index in [0.29, 0.717) is 11.7 Å². The van der Waals surface area contributed by atoms with Gasteiger partial charge in [-0.1, -0.05) is 5.16 Å². The highest BCUT2D eigenvalue weighted by atomic mass is 32.1. The molecule has 2 N–H and O–H groups in total. The smallest absolute Gasteiger partial charge is 0.268 e. The minimum atomic E-state index is -0.187. The van der Waals surface area contributed by atoms with E-state index in [1.807, 2.05) is 25.3 Å². The van der Waals surface area contributed by atoms with Gasteiger partial charge in [-0.15, -0.1) is 11.3 Å². The second-order valence-electron chi connectivity index (χ2n) is 3.18. The van der Waals surface area contributed by atoms with Crippen LogP contribution in [0.1, 0.15) is 24.4 Å². The Bertz CT molecular complexity index is 433. The van der Waals surface area contributed by atoms with Crippen LogP contribution in [0.25, 0.3) is 10.8 Å². The molecule has 0 amide bonds. The molecule has 0 radical (unpaired) electrons. The Morgan fingerprint density at radius 1 is 1.57 bits per heavy atom. The molecule has 4 nitrogen and oxygen atoms in total. The number of hydrogen-bond acceptors (Lipinski definition) is 5. The van der Waals surface area contributed by atoms with E-state index < -0.39 is 0 Å². The van der Waals surface area contributed by atoms with Crippen LogP contribution in [0.3, 0.4) is 0 Å². The van der Waals surface area contributed by atoms with Gasteiger partial charge >= 0.3 is 0 Å². The number of thiophene rings is 1. The zero-order chi connectivity index (χ0) is 10.1. The third-order valence-corrected chi connectivity index (χ3v) is 2.91. The lowest BCUT2D eigenvalue weighted by molar-refractivity contribution is 0.419. The lowest BCUT2D eigenvalue weighted by atomic mass is 10.3. The van der Waals surface area contributed by atoms with Gasteiger partial charge in [-0.05, 0) is 30.9 Å². The fourth-order valence-corrected chi connectivity index (χ4v) is 1.95. The number of aromatic nitrogens is 2. The lowest BCUT2D eigenvalue weighted by Gasteiger charge is -1.93. The maximum atomic E-state index is 5.64. The second-order valence-corrected chi connectivity index (χ2v) is 4.10. The molecule has 0 aromatic carbocycles. The van der Waals surface area contributed by atoms with Crippen LogP contribution < -0.4 is 5.73 Å². The Kier molecular flexibility index (Phi) is 2.35. The van der Waals surface area contributed by atoms with Gasteiger partial charge in [-0.2, -0.15) is 4.98 Å². The van der Waals surface area contributed by atoms with Gasteiger partial charge in [0.05, 0.1) is 10.9 Å². The highest BCUT2D eigenvalue weighted by Crippen LogP contribution is 2.27. The summed E-state index contributed by atoms with van der Waals surface area (Å²) in [6, 6.07) is 1.84. The molecule has 1 atom stereocenters. The van der Waals surface area contributed by atoms with E-state index in [2.05, 4.69) is 10.1 Å². The van der Waals surface area contributed by atoms with Gasteiger partial charge < -0.3 is 10.3 Å². The highest BCUT2D eigenvalue weighted by molar-refractivity contribution is 7.13. The molecular formula is C9H11N3OS. The SMILES string of the molecule is Cc1ccsc1-c1nc(C(C)N)no1. The van der Waals surface area contributed by atoms with Crippen molar-refractivity contribution >= 4 is 11.3 Å². The van der Waals surface area contributed by atoms with Crippen molar-refractivity contribution in [2.24, 2.45) is 5.73 Å². The van der Waals surface area contributed by atoms with Gasteiger partial charge in [0.1, 0.15) is 0 Å². The molecule has 0 saturated heterocycles. The summed E-state index contributed by atoms with van der Waals surface area (Å²) in [5, 5.41) is 5.81. The van der Waals surface area contributed by atoms with Gasteiger partial charge in [0.25, 0.3) is 5.89 Å². The van der Waals surface area contributed by atoms with Crippen molar-refractivity contribution in [2.45, 2.75) is 19.9 Å². The molecule has 74 valence electrons. The fraction of sp³-hybridized carbons (Fsp3) is 0.333. The normalized spacial score (nSPS) is 13.1. The zero-order valence-corrected chi connectivity index (χ0v) is 8.84. The molecular weight excluding hydrogens is 198 g/mol. The Balaban J connectivity index is 2.39. The van der Waals surface area contributed by atoms with Gasteiger partial charge in [-0.25, -0.2) is 0 Å². The van der Waals surface area contributed by atoms with Crippen molar-refractivity contribution < 1.29 is 4.52 Å². The average molecular weight is 209 g/mol. The summed E-state index contributed by atoms with van der Waals surface area (Å²) in [6.45, 7) is 3.84. The standard InChI is InChI=1S/C9H11N3OS/c1-5-3-4-14-7(5)9-11-8(6(2)10)12-13-9/h3-4,6H,10H2,1-2H3. The van der Waals surface area contributed by atoms with Crippen molar-refractivity contribution in [3.63, 3.8) is 0 Å². The molecule has 0 aliphatic carbocycles. The Hall–Kier alpha value is -1.20. The highest BCUT2D eigenvalue weighted by Gasteiger charge is 2.13. The first-order valence-corrected chi connectivity index (χ1v) is 5.20. The van der Waals surface area contributed by atoms with Crippen LogP contribution >= 0.6 is 11.3 Å². The van der Waals surface area contributed by atoms with Gasteiger partial charge in [-0.3, -0.25) is 0 Å². The number of nitrogens with zero attached hydrogens (tertiary/aromatic N) is 2. The van der Waals surface area contributed by atoms with Gasteiger partial charge in [0.15, 0.2) is 5.82 Å². The molecule has 1 unspecified atom stereocenters. The largest absolute Gasteiger partial charge is 0.333 e. The molecule has 2 heterocycles. The van der Waals surface area contributed by atoms with Gasteiger partial charge in [0, 0.05) is 0 Å². The van der Waals surface area contributed by atoms with Crippen LogP contribution in [-0.4, -0.2) is 10.1 Å². The third-order valence-electron chi connectivity index (χ3n) is 1.91. The summed E-state index contributed by atoms with van der Waals surface area (Å²) in [6.07, 6.45) is 0. The predicted octanol–water partition coefficient (Wildman–Crippen LogP) is 2.13. The Morgan fingerprint density at radius 3 is 2.86 bits per heavy atom. The second kappa shape index (κ2) is 3.51. The van der Waals surface area contributed by atoms with Crippen LogP contribution in [0.4, 0.5) is 0 Å². The summed E-state index contributed by atoms with van der Waals surface area (Å²) in [5.74, 6) is 1.11. The molecule has 0 saturated carbocycles. The van der Waals surface area contributed by atoms with E-state index in [1.165, 1.54) is 0 Å². The van der Waals surface area contributed by atoms with Crippen molar-refractivity contribution in [3.8, 4) is 10.8 Å². The average Bonchev–Trinajstić information content (AvgIpc) is 2.71. The van der Waals surface area contributed by atoms with Crippen LogP contribution in [0.15, 0.2) is 16.0 Å². The van der Waals surface area contributed by atoms with Crippen LogP contribution in [0.2, 0.25) is 0 Å². The van der Waals surface area contributed by atoms with Crippen molar-refractivity contribution in [1.29, 1.82) is 0 Å². The van der Waals surface area contributed by atoms with E-state index in [9.17, 15) is 0 Å². The predicted molar refractivity (Wildman–Crippen MR) is 55.0 cm³/mol. The Morgan fingerprint density at radius 2 is 2.36 bits per heavy atom. The molecule has 0 spiro atoms. The molecule has 0 aliphatic heterocycles. The molecule has 0 fully saturated rings. The molecule has 2 aromatic heterocycles. The van der Waals surface area contributed by atoms with Crippen LogP contribution in [0.5, 0.6) is 0 Å². The maximum absolute atomic E-state index is 5.64. The summed E-state index contributed by atoms with van der Waals surface area (Å²) < 4.78 is 5.12. The molecule has 2 aromatic rings. The van der Waals surface area contributed by atoms with Gasteiger partial charge in [0.2, 0.25) is 0 Å². The van der Waals surface area contributed by atoms with E-state index in [4.69, 9.17) is 10.3 Å². The number of nitrogens with two attached hydrogens (primary N) is 1. The van der Waals surface area contributed by atoms with Crippen molar-refractivity contribution in [2.75, 3.05) is 0 Å². The van der Waals surface area contributed by atoms with Crippen LogP contribution in [0, 0.1) is 6.92 Å². The first-order valence-electron chi connectivity index (χ1n) is 4.32. The van der Waals surface area contributed by atoms with E-state index in [-0.39, 0.29) is 6.04 Å². The molecule has 2 rings (SSSR count). The molecule has 14 heavy (non-hydrogen) atoms. The molecule has 0 aliphatic rings. The fourth-order valence-electron chi connectivity index (χ4n) is 1.10. The monoisotopic (exact) mass is 209 g/mol. The number of rotatable bonds is 2. The number of hydrogen-bond donors (Lipinski definition) is 1. The Labute approximate surface area is 85.7 Å². The maximum Gasteiger partial charge on any atom is 0.268 e. The van der Waals surface area contributed by atoms with E-state index >= 15 is 0 Å². The minimum Gasteiger partial charge on any atom is -0.333 e. The van der Waals surface area contributed by atoms with E-state index in [0.717, 1.165) is 10.4 Å². The summed E-state index contributed by atoms with van der Waals surface area (Å²) in [7, 11) is 0. The van der Waals surface area contributed by atoms with Crippen LogP contribution in [-0.2, 0) is 0 Å². The minimum absolute atomic E-state index is 0.187. The summed E-state index contributed by atoms with van der Waals surface area (Å²) in [4.78, 5) is 5.24. The lowest BCUT2D eigenvalue weighted by Crippen LogP contribution is -2.06. The first kappa shape index (κ1) is 9.36. The first-order chi connectivity index (χ1) is 6.68. The topological polar surface area (TPSA) is 64.9 Å². The zero-order valence-electron chi connectivity index (χ0n) is 8.02. The van der Waals surface area contributed by atoms with Crippen molar-refractivity contribution in [1.82, 2.24) is 10.1 Å². The summed E-state index contributed by atoms with van der Waals surface area (Å²) in [5.41, 5.74) is 6.78. The van der Waals surface area contributed by atoms with E-state index in [1.54, 1.807) is 11.3 Å². The molecule has 5 heteroatoms. The molecule has 0 bridgehead atoms.